The summed E-state index contributed by atoms with van der Waals surface area (Å²) in [6.07, 6.45) is 2.47. The van der Waals surface area contributed by atoms with E-state index < -0.39 is 5.97 Å². The number of carboxylic acids is 1. The Labute approximate surface area is 156 Å². The Morgan fingerprint density at radius 1 is 1.19 bits per heavy atom. The molecule has 0 radical (unpaired) electrons. The molecule has 0 aliphatic carbocycles. The molecule has 2 heterocycles. The molecule has 132 valence electrons. The monoisotopic (exact) mass is 367 g/mol. The highest BCUT2D eigenvalue weighted by atomic mass is 35.5. The van der Waals surface area contributed by atoms with Crippen molar-refractivity contribution in [2.24, 2.45) is 0 Å². The van der Waals surface area contributed by atoms with Gasteiger partial charge in [-0.3, -0.25) is 0 Å². The number of hydrogen-bond acceptors (Lipinski definition) is 3. The number of nitrogens with zero attached hydrogens (tertiary/aromatic N) is 1. The van der Waals surface area contributed by atoms with E-state index in [0.717, 1.165) is 40.1 Å². The molecule has 3 aromatic rings. The number of carboxylic acid groups (broad SMARTS) is 1. The van der Waals surface area contributed by atoms with Crippen molar-refractivity contribution in [2.45, 2.75) is 13.0 Å². The number of rotatable bonds is 3. The summed E-state index contributed by atoms with van der Waals surface area (Å²) in [5, 5.41) is 11.5. The molecular weight excluding hydrogens is 350 g/mol. The molecule has 0 unspecified atom stereocenters. The zero-order valence-corrected chi connectivity index (χ0v) is 15.1. The molecule has 2 aromatic carbocycles. The predicted octanol–water partition coefficient (Wildman–Crippen LogP) is 4.70. The molecule has 26 heavy (non-hydrogen) atoms. The van der Waals surface area contributed by atoms with Gasteiger partial charge < -0.3 is 14.4 Å². The number of halogens is 1. The highest BCUT2D eigenvalue weighted by Crippen LogP contribution is 2.37. The molecule has 0 bridgehead atoms. The minimum atomic E-state index is -0.982. The third-order valence-electron chi connectivity index (χ3n) is 4.80. The van der Waals surface area contributed by atoms with Gasteiger partial charge in [-0.05, 0) is 42.8 Å². The largest absolute Gasteiger partial charge is 0.478 e. The number of hydrogen-bond donors (Lipinski definition) is 1. The Morgan fingerprint density at radius 3 is 2.69 bits per heavy atom. The summed E-state index contributed by atoms with van der Waals surface area (Å²) in [6, 6.07) is 12.8. The summed E-state index contributed by atoms with van der Waals surface area (Å²) in [5.41, 5.74) is 3.67. The van der Waals surface area contributed by atoms with Crippen molar-refractivity contribution in [1.82, 2.24) is 4.90 Å². The lowest BCUT2D eigenvalue weighted by atomic mass is 10.0. The maximum Gasteiger partial charge on any atom is 0.336 e. The van der Waals surface area contributed by atoms with Crippen LogP contribution >= 0.6 is 11.6 Å². The summed E-state index contributed by atoms with van der Waals surface area (Å²) >= 11 is 6.42. The first kappa shape index (κ1) is 16.9. The molecule has 0 atom stereocenters. The van der Waals surface area contributed by atoms with Crippen LogP contribution in [0.5, 0.6) is 0 Å². The van der Waals surface area contributed by atoms with Crippen LogP contribution in [0.1, 0.15) is 22.5 Å². The van der Waals surface area contributed by atoms with E-state index in [1.807, 2.05) is 37.4 Å². The van der Waals surface area contributed by atoms with Crippen molar-refractivity contribution >= 4 is 40.2 Å². The summed E-state index contributed by atoms with van der Waals surface area (Å²) in [5.74, 6) is -0.400. The molecule has 4 nitrogen and oxygen atoms in total. The minimum absolute atomic E-state index is 0.209. The van der Waals surface area contributed by atoms with Gasteiger partial charge >= 0.3 is 5.97 Å². The van der Waals surface area contributed by atoms with E-state index in [9.17, 15) is 9.90 Å². The van der Waals surface area contributed by atoms with Gasteiger partial charge in [-0.15, -0.1) is 0 Å². The van der Waals surface area contributed by atoms with Crippen LogP contribution in [0.2, 0.25) is 5.02 Å². The van der Waals surface area contributed by atoms with Crippen LogP contribution in [0.3, 0.4) is 0 Å². The summed E-state index contributed by atoms with van der Waals surface area (Å²) in [6.45, 7) is 1.58. The van der Waals surface area contributed by atoms with Crippen molar-refractivity contribution in [3.05, 3.63) is 69.9 Å². The average molecular weight is 368 g/mol. The van der Waals surface area contributed by atoms with Gasteiger partial charge in [-0.25, -0.2) is 4.79 Å². The quantitative estimate of drug-likeness (QED) is 0.682. The molecule has 5 heteroatoms. The Hall–Kier alpha value is -2.56. The Bertz CT molecular complexity index is 1020. The maximum absolute atomic E-state index is 11.8. The normalized spacial score (nSPS) is 15.2. The van der Waals surface area contributed by atoms with Crippen LogP contribution in [0.15, 0.2) is 46.9 Å². The molecule has 1 aliphatic heterocycles. The molecule has 0 saturated carbocycles. The summed E-state index contributed by atoms with van der Waals surface area (Å²) < 4.78 is 6.05. The van der Waals surface area contributed by atoms with E-state index in [2.05, 4.69) is 4.90 Å². The van der Waals surface area contributed by atoms with Gasteiger partial charge in [0.2, 0.25) is 0 Å². The van der Waals surface area contributed by atoms with Gasteiger partial charge in [0.15, 0.2) is 0 Å². The third-order valence-corrected chi connectivity index (χ3v) is 5.15. The van der Waals surface area contributed by atoms with Crippen LogP contribution in [0.4, 0.5) is 0 Å². The number of carbonyl (C=O) groups is 1. The lowest BCUT2D eigenvalue weighted by molar-refractivity contribution is -0.130. The molecule has 1 aliphatic rings. The first-order valence-electron chi connectivity index (χ1n) is 8.46. The first-order valence-corrected chi connectivity index (χ1v) is 8.84. The second kappa shape index (κ2) is 6.63. The first-order chi connectivity index (χ1) is 12.5. The van der Waals surface area contributed by atoms with Gasteiger partial charge in [-0.2, -0.15) is 0 Å². The van der Waals surface area contributed by atoms with Crippen molar-refractivity contribution in [2.75, 3.05) is 13.6 Å². The fourth-order valence-electron chi connectivity index (χ4n) is 3.51. The third kappa shape index (κ3) is 2.91. The molecule has 0 fully saturated rings. The topological polar surface area (TPSA) is 53.7 Å². The van der Waals surface area contributed by atoms with E-state index >= 15 is 0 Å². The Kier molecular flexibility index (Phi) is 4.31. The zero-order chi connectivity index (χ0) is 18.3. The van der Waals surface area contributed by atoms with Gasteiger partial charge in [0.1, 0.15) is 11.3 Å². The Morgan fingerprint density at radius 2 is 1.96 bits per heavy atom. The number of furan rings is 1. The fraction of sp³-hybridized carbons (Fsp3) is 0.190. The smallest absolute Gasteiger partial charge is 0.336 e. The molecular formula is C21H18ClNO3. The van der Waals surface area contributed by atoms with E-state index in [0.29, 0.717) is 17.9 Å². The lowest BCUT2D eigenvalue weighted by Crippen LogP contribution is -2.18. The second-order valence-corrected chi connectivity index (χ2v) is 6.97. The minimum Gasteiger partial charge on any atom is -0.478 e. The fourth-order valence-corrected chi connectivity index (χ4v) is 3.76. The van der Waals surface area contributed by atoms with E-state index in [1.54, 1.807) is 18.2 Å². The average Bonchev–Trinajstić information content (AvgIpc) is 2.85. The number of aliphatic carboxylic acids is 1. The molecule has 4 rings (SSSR count). The van der Waals surface area contributed by atoms with Crippen molar-refractivity contribution in [3.63, 3.8) is 0 Å². The van der Waals surface area contributed by atoms with Gasteiger partial charge in [0.25, 0.3) is 0 Å². The van der Waals surface area contributed by atoms with Crippen molar-refractivity contribution in [3.8, 4) is 0 Å². The molecule has 0 saturated heterocycles. The molecule has 0 amide bonds. The second-order valence-electron chi connectivity index (χ2n) is 6.56. The molecule has 1 N–H and O–H groups in total. The summed E-state index contributed by atoms with van der Waals surface area (Å²) in [4.78, 5) is 14.0. The van der Waals surface area contributed by atoms with Gasteiger partial charge in [-0.1, -0.05) is 41.9 Å². The van der Waals surface area contributed by atoms with Gasteiger partial charge in [0.05, 0.1) is 5.57 Å². The zero-order valence-electron chi connectivity index (χ0n) is 14.3. The van der Waals surface area contributed by atoms with Crippen LogP contribution in [-0.2, 0) is 17.8 Å². The standard InChI is InChI=1S/C21H18ClNO3/c1-23-10-9-14-17(22)7-8-18-20(14)16(12-23)19(26-18)11-15(21(24)25)13-5-3-2-4-6-13/h2-8,11H,9-10,12H2,1H3,(H,24,25)/b15-11-. The van der Waals surface area contributed by atoms with E-state index in [4.69, 9.17) is 16.0 Å². The molecule has 0 spiro atoms. The highest BCUT2D eigenvalue weighted by Gasteiger charge is 2.23. The maximum atomic E-state index is 11.8. The number of likely N-dealkylation sites (N-methyl/N-ethyl adjacent to an activating group) is 1. The van der Waals surface area contributed by atoms with Crippen LogP contribution in [-0.4, -0.2) is 29.6 Å². The van der Waals surface area contributed by atoms with Crippen LogP contribution in [0, 0.1) is 0 Å². The van der Waals surface area contributed by atoms with Gasteiger partial charge in [0, 0.05) is 29.1 Å². The SMILES string of the molecule is CN1CCc2c(Cl)ccc3oc(/C=C(\C(=O)O)c4ccccc4)c(c23)C1. The van der Waals surface area contributed by atoms with E-state index in [1.165, 1.54) is 0 Å². The highest BCUT2D eigenvalue weighted by molar-refractivity contribution is 6.32. The summed E-state index contributed by atoms with van der Waals surface area (Å²) in [7, 11) is 2.04. The predicted molar refractivity (Wildman–Crippen MR) is 103 cm³/mol. The van der Waals surface area contributed by atoms with E-state index in [-0.39, 0.29) is 5.57 Å². The number of benzene rings is 2. The van der Waals surface area contributed by atoms with Crippen molar-refractivity contribution in [1.29, 1.82) is 0 Å². The van der Waals surface area contributed by atoms with Crippen molar-refractivity contribution < 1.29 is 14.3 Å². The van der Waals surface area contributed by atoms with Crippen LogP contribution < -0.4 is 0 Å². The Balaban J connectivity index is 1.95. The lowest BCUT2D eigenvalue weighted by Gasteiger charge is -2.13. The van der Waals surface area contributed by atoms with Crippen LogP contribution in [0.25, 0.3) is 22.6 Å². The molecule has 1 aromatic heterocycles.